The maximum absolute atomic E-state index is 13.7. The fourth-order valence-corrected chi connectivity index (χ4v) is 19.7. The van der Waals surface area contributed by atoms with E-state index in [9.17, 15) is 49.8 Å². The molecule has 22 atom stereocenters. The molecule has 458 valence electrons. The highest BCUT2D eigenvalue weighted by molar-refractivity contribution is 5.76. The second-order valence-electron chi connectivity index (χ2n) is 30.7. The zero-order valence-corrected chi connectivity index (χ0v) is 51.4. The number of fused-ring (bicyclic) bond motifs is 10. The van der Waals surface area contributed by atoms with Crippen LogP contribution in [0.3, 0.4) is 0 Å². The molecule has 8 aliphatic rings. The summed E-state index contributed by atoms with van der Waals surface area (Å²) < 4.78 is 11.6. The second-order valence-corrected chi connectivity index (χ2v) is 30.7. The predicted octanol–water partition coefficient (Wildman–Crippen LogP) is 8.45. The lowest BCUT2D eigenvalue weighted by Gasteiger charge is -2.63. The van der Waals surface area contributed by atoms with Crippen LogP contribution < -0.4 is 10.6 Å². The molecule has 8 fully saturated rings. The number of ether oxygens (including phenoxy) is 2. The van der Waals surface area contributed by atoms with Crippen LogP contribution in [0.15, 0.2) is 0 Å². The van der Waals surface area contributed by atoms with Crippen LogP contribution in [0.1, 0.15) is 199 Å². The van der Waals surface area contributed by atoms with E-state index < -0.39 is 47.8 Å². The summed E-state index contributed by atoms with van der Waals surface area (Å²) in [7, 11) is 0. The van der Waals surface area contributed by atoms with Crippen LogP contribution in [0.5, 0.6) is 0 Å². The molecule has 8 N–H and O–H groups in total. The van der Waals surface area contributed by atoms with E-state index in [-0.39, 0.29) is 169 Å². The van der Waals surface area contributed by atoms with Gasteiger partial charge < -0.3 is 60.5 Å². The van der Waals surface area contributed by atoms with E-state index >= 15 is 0 Å². The number of carbonyl (C=O) groups is 4. The number of nitrogens with one attached hydrogen (secondary N) is 2. The lowest BCUT2D eigenvalue weighted by molar-refractivity contribution is -0.207. The van der Waals surface area contributed by atoms with Crippen molar-refractivity contribution in [3.63, 3.8) is 0 Å². The first-order valence-electron chi connectivity index (χ1n) is 31.9. The molecule has 8 aliphatic carbocycles. The third-order valence-corrected chi connectivity index (χ3v) is 24.0. The van der Waals surface area contributed by atoms with Crippen molar-refractivity contribution in [2.45, 2.75) is 246 Å². The van der Waals surface area contributed by atoms with Crippen LogP contribution >= 0.6 is 0 Å². The molecule has 0 aliphatic heterocycles. The van der Waals surface area contributed by atoms with Gasteiger partial charge in [0.05, 0.1) is 36.6 Å². The van der Waals surface area contributed by atoms with Gasteiger partial charge in [-0.05, 0) is 237 Å². The molecule has 0 radical (unpaired) electrons. The van der Waals surface area contributed by atoms with E-state index in [1.165, 1.54) is 9.80 Å². The lowest BCUT2D eigenvalue weighted by Crippen LogP contribution is -2.62. The van der Waals surface area contributed by atoms with Gasteiger partial charge in [-0.15, -0.1) is 0 Å². The summed E-state index contributed by atoms with van der Waals surface area (Å²) in [6.07, 6.45) is 9.62. The number of amides is 4. The minimum atomic E-state index is -0.795. The lowest BCUT2D eigenvalue weighted by atomic mass is 9.43. The van der Waals surface area contributed by atoms with Crippen molar-refractivity contribution in [1.82, 2.24) is 20.4 Å². The van der Waals surface area contributed by atoms with Gasteiger partial charge in [-0.1, -0.05) is 41.5 Å². The fraction of sp³-hybridized carbons (Fsp3) is 0.938. The summed E-state index contributed by atoms with van der Waals surface area (Å²) in [5.74, 6) is 2.08. The summed E-state index contributed by atoms with van der Waals surface area (Å²) in [6.45, 7) is 25.1. The van der Waals surface area contributed by atoms with Crippen LogP contribution in [0, 0.1) is 92.7 Å². The van der Waals surface area contributed by atoms with Crippen LogP contribution in [0.2, 0.25) is 0 Å². The third kappa shape index (κ3) is 12.8. The summed E-state index contributed by atoms with van der Waals surface area (Å²) in [6, 6.07) is 0. The molecule has 0 saturated heterocycles. The van der Waals surface area contributed by atoms with Crippen LogP contribution in [0.4, 0.5) is 9.59 Å². The first-order valence-corrected chi connectivity index (χ1v) is 31.9. The number of nitrogens with zero attached hydrogens (tertiary/aromatic N) is 2. The molecule has 8 saturated carbocycles. The van der Waals surface area contributed by atoms with Gasteiger partial charge in [-0.2, -0.15) is 0 Å². The van der Waals surface area contributed by atoms with Crippen LogP contribution in [-0.4, -0.2) is 152 Å². The van der Waals surface area contributed by atoms with Gasteiger partial charge in [0.1, 0.15) is 11.2 Å². The third-order valence-electron chi connectivity index (χ3n) is 24.0. The molecular weight excluding hydrogens is 1020 g/mol. The topological polar surface area (TPSA) is 239 Å². The molecule has 0 bridgehead atoms. The van der Waals surface area contributed by atoms with Gasteiger partial charge in [0.25, 0.3) is 0 Å². The first kappa shape index (κ1) is 63.3. The molecule has 0 heterocycles. The maximum atomic E-state index is 13.7. The van der Waals surface area contributed by atoms with E-state index in [1.807, 2.05) is 0 Å². The molecule has 16 nitrogen and oxygen atoms in total. The van der Waals surface area contributed by atoms with E-state index in [2.05, 4.69) is 52.2 Å². The molecule has 0 aromatic carbocycles. The molecule has 80 heavy (non-hydrogen) atoms. The van der Waals surface area contributed by atoms with Gasteiger partial charge >= 0.3 is 12.2 Å². The zero-order chi connectivity index (χ0) is 58.7. The van der Waals surface area contributed by atoms with E-state index in [1.54, 1.807) is 41.5 Å². The Morgan fingerprint density at radius 1 is 0.512 bits per heavy atom. The highest BCUT2D eigenvalue weighted by Crippen LogP contribution is 2.70. The summed E-state index contributed by atoms with van der Waals surface area (Å²) >= 11 is 0. The normalized spacial score (nSPS) is 42.0. The molecule has 16 heteroatoms. The van der Waals surface area contributed by atoms with Gasteiger partial charge in [0.15, 0.2) is 0 Å². The standard InChI is InChI=1S/C64H110N4O12/c1-37(43-15-17-45-55-47(35-51(73)63(43,45)11)61(9)23-21-41(69)31-39(61)33-49(55)71)13-19-53(75)65-25-27-67(57(77)79-59(3,4)5)29-30-68(58(78)80-60(6,7)8)28-26-66-54(76)20-14-38(2)44-16-18-46-56-48(36-52(74)64(44,46)12)62(10)24-22-42(70)32-40(62)34-50(56)72/h37-52,55-56,69-74H,13-36H2,1-12H3,(H,65,75)(H,66,76)/t37-,38-,39+,40+,41-,42-,43-,44-,45+,46+,47+,48+,49-,50-,51+,52+,55+,56+,61+,62+,63-,64-/m1/s1. The number of rotatable bonds is 17. The fourth-order valence-electron chi connectivity index (χ4n) is 19.7. The first-order chi connectivity index (χ1) is 37.3. The number of aliphatic hydroxyl groups is 6. The van der Waals surface area contributed by atoms with Crippen molar-refractivity contribution < 1.29 is 59.3 Å². The number of carbonyl (C=O) groups excluding carboxylic acids is 4. The van der Waals surface area contributed by atoms with E-state index in [0.717, 1.165) is 64.2 Å². The molecule has 8 rings (SSSR count). The minimum absolute atomic E-state index is 0.00440. The Kier molecular flexibility index (Phi) is 19.2. The largest absolute Gasteiger partial charge is 0.444 e. The predicted molar refractivity (Wildman–Crippen MR) is 306 cm³/mol. The molecule has 0 unspecified atom stereocenters. The molecular formula is C64H110N4O12. The van der Waals surface area contributed by atoms with Gasteiger partial charge in [-0.25, -0.2) is 9.59 Å². The SMILES string of the molecule is C[C@H](CCC(=O)NCCN(CCN(CCNC(=O)CC[C@@H](C)[C@H]1CC[C@H]2[C@@H]3[C@H](O)C[C@@H]4C[C@H](O)CC[C@]4(C)[C@H]3C[C@H](O)[C@]12C)C(=O)OC(C)(C)C)C(=O)OC(C)(C)C)[C@H]1CC[C@H]2[C@@H]3[C@H](O)C[C@@H]4C[C@H](O)CC[C@]4(C)[C@H]3C[C@H](O)[C@]12C. The Hall–Kier alpha value is -2.76. The molecule has 0 aromatic heterocycles. The Labute approximate surface area is 480 Å². The smallest absolute Gasteiger partial charge is 0.410 e. The number of hydrogen-bond donors (Lipinski definition) is 8. The van der Waals surface area contributed by atoms with Crippen molar-refractivity contribution in [1.29, 1.82) is 0 Å². The van der Waals surface area contributed by atoms with E-state index in [0.29, 0.717) is 38.5 Å². The van der Waals surface area contributed by atoms with Crippen LogP contribution in [-0.2, 0) is 19.1 Å². The molecule has 0 aromatic rings. The minimum Gasteiger partial charge on any atom is -0.444 e. The molecule has 0 spiro atoms. The van der Waals surface area contributed by atoms with Crippen molar-refractivity contribution in [3.8, 4) is 0 Å². The van der Waals surface area contributed by atoms with Crippen molar-refractivity contribution in [2.24, 2.45) is 92.7 Å². The van der Waals surface area contributed by atoms with Gasteiger partial charge in [0.2, 0.25) is 11.8 Å². The average molecular weight is 1130 g/mol. The van der Waals surface area contributed by atoms with Crippen molar-refractivity contribution >= 4 is 24.0 Å². The van der Waals surface area contributed by atoms with Gasteiger partial charge in [0, 0.05) is 52.1 Å². The van der Waals surface area contributed by atoms with Crippen molar-refractivity contribution in [3.05, 3.63) is 0 Å². The average Bonchev–Trinajstić information content (AvgIpc) is 4.04. The molecule has 4 amide bonds. The summed E-state index contributed by atoms with van der Waals surface area (Å²) in [5, 5.41) is 74.7. The monoisotopic (exact) mass is 1130 g/mol. The highest BCUT2D eigenvalue weighted by atomic mass is 16.6. The van der Waals surface area contributed by atoms with Crippen LogP contribution in [0.25, 0.3) is 0 Å². The van der Waals surface area contributed by atoms with E-state index in [4.69, 9.17) is 9.47 Å². The second kappa shape index (κ2) is 24.3. The van der Waals surface area contributed by atoms with Gasteiger partial charge in [-0.3, -0.25) is 9.59 Å². The quantitative estimate of drug-likeness (QED) is 0.0685. The Morgan fingerprint density at radius 2 is 0.875 bits per heavy atom. The highest BCUT2D eigenvalue weighted by Gasteiger charge is 2.67. The Morgan fingerprint density at radius 3 is 1.23 bits per heavy atom. The van der Waals surface area contributed by atoms with Crippen molar-refractivity contribution in [2.75, 3.05) is 39.3 Å². The zero-order valence-electron chi connectivity index (χ0n) is 51.4. The Balaban J connectivity index is 0.813. The Bertz CT molecular complexity index is 2020. The number of aliphatic hydroxyl groups excluding tert-OH is 6. The summed E-state index contributed by atoms with van der Waals surface area (Å²) in [5.41, 5.74) is -2.31. The number of hydrogen-bond acceptors (Lipinski definition) is 12. The summed E-state index contributed by atoms with van der Waals surface area (Å²) in [4.78, 5) is 57.4. The maximum Gasteiger partial charge on any atom is 0.410 e.